The van der Waals surface area contributed by atoms with Crippen LogP contribution in [0, 0.1) is 23.2 Å². The summed E-state index contributed by atoms with van der Waals surface area (Å²) in [6.07, 6.45) is 4.54. The summed E-state index contributed by atoms with van der Waals surface area (Å²) in [5.41, 5.74) is -1.64. The van der Waals surface area contributed by atoms with Gasteiger partial charge < -0.3 is 10.6 Å². The Kier molecular flexibility index (Phi) is 6.46. The van der Waals surface area contributed by atoms with Gasteiger partial charge in [-0.15, -0.1) is 0 Å². The molecule has 4 bridgehead atoms. The number of carbonyl (C=O) groups excluding carboxylic acids is 2. The third-order valence-corrected chi connectivity index (χ3v) is 10.2. The summed E-state index contributed by atoms with van der Waals surface area (Å²) in [5.74, 6) is 0.831. The van der Waals surface area contributed by atoms with Crippen LogP contribution in [0.1, 0.15) is 59.8 Å². The average Bonchev–Trinajstić information content (AvgIpc) is 2.69. The maximum atomic E-state index is 13.3. The second-order valence-electron chi connectivity index (χ2n) is 11.0. The van der Waals surface area contributed by atoms with E-state index >= 15 is 0 Å². The van der Waals surface area contributed by atoms with Crippen LogP contribution in [0.15, 0.2) is 33.6 Å². The normalized spacial score (nSPS) is 31.0. The van der Waals surface area contributed by atoms with E-state index in [4.69, 9.17) is 0 Å². The number of hydrogen-bond acceptors (Lipinski definition) is 4. The fourth-order valence-corrected chi connectivity index (χ4v) is 8.77. The molecule has 0 heterocycles. The average molecular weight is 541 g/mol. The summed E-state index contributed by atoms with van der Waals surface area (Å²) in [7, 11) is -3.90. The first-order valence-electron chi connectivity index (χ1n) is 11.7. The summed E-state index contributed by atoms with van der Waals surface area (Å²) >= 11 is 3.28. The Bertz CT molecular complexity index is 1040. The quantitative estimate of drug-likeness (QED) is 0.494. The second-order valence-corrected chi connectivity index (χ2v) is 13.5. The summed E-state index contributed by atoms with van der Waals surface area (Å²) < 4.78 is 28.9. The fraction of sp³-hybridized carbons (Fsp3) is 0.667. The molecular weight excluding hydrogens is 506 g/mol. The molecule has 1 aromatic carbocycles. The van der Waals surface area contributed by atoms with Gasteiger partial charge in [-0.25, -0.2) is 8.42 Å². The monoisotopic (exact) mass is 539 g/mol. The Labute approximate surface area is 205 Å². The zero-order valence-corrected chi connectivity index (χ0v) is 22.1. The number of halogens is 1. The summed E-state index contributed by atoms with van der Waals surface area (Å²) in [4.78, 5) is 26.4. The van der Waals surface area contributed by atoms with Gasteiger partial charge >= 0.3 is 0 Å². The molecule has 5 rings (SSSR count). The van der Waals surface area contributed by atoms with Crippen LogP contribution in [0.3, 0.4) is 0 Å². The second kappa shape index (κ2) is 8.64. The third kappa shape index (κ3) is 4.73. The zero-order valence-electron chi connectivity index (χ0n) is 19.7. The molecule has 0 aliphatic heterocycles. The smallest absolute Gasteiger partial charge is 0.242 e. The van der Waals surface area contributed by atoms with Crippen LogP contribution in [0.2, 0.25) is 0 Å². The number of carbonyl (C=O) groups is 2. The molecule has 4 saturated carbocycles. The zero-order chi connectivity index (χ0) is 24.2. The van der Waals surface area contributed by atoms with Gasteiger partial charge in [-0.2, -0.15) is 4.72 Å². The highest BCUT2D eigenvalue weighted by atomic mass is 79.9. The fourth-order valence-electron chi connectivity index (χ4n) is 6.39. The molecule has 1 aromatic rings. The molecule has 3 N–H and O–H groups in total. The van der Waals surface area contributed by atoms with Gasteiger partial charge in [0, 0.05) is 16.6 Å². The van der Waals surface area contributed by atoms with Gasteiger partial charge in [0.1, 0.15) is 5.54 Å². The van der Waals surface area contributed by atoms with Crippen molar-refractivity contribution in [2.24, 2.45) is 23.2 Å². The molecule has 0 spiro atoms. The molecule has 2 unspecified atom stereocenters. The van der Waals surface area contributed by atoms with Crippen molar-refractivity contribution < 1.29 is 18.0 Å². The van der Waals surface area contributed by atoms with E-state index in [0.717, 1.165) is 32.1 Å². The number of rotatable bonds is 7. The van der Waals surface area contributed by atoms with Gasteiger partial charge in [-0.05, 0) is 106 Å². The highest BCUT2D eigenvalue weighted by Crippen LogP contribution is 2.60. The van der Waals surface area contributed by atoms with Gasteiger partial charge in [0.15, 0.2) is 0 Å². The van der Waals surface area contributed by atoms with E-state index in [1.54, 1.807) is 32.0 Å². The lowest BCUT2D eigenvalue weighted by Crippen LogP contribution is -2.65. The number of benzene rings is 1. The minimum absolute atomic E-state index is 0.0266. The van der Waals surface area contributed by atoms with Crippen molar-refractivity contribution in [2.45, 2.75) is 82.3 Å². The van der Waals surface area contributed by atoms with E-state index in [1.165, 1.54) is 6.07 Å². The van der Waals surface area contributed by atoms with Gasteiger partial charge in [0.05, 0.1) is 10.3 Å². The van der Waals surface area contributed by atoms with Crippen LogP contribution in [-0.4, -0.2) is 37.9 Å². The minimum atomic E-state index is -3.90. The highest BCUT2D eigenvalue weighted by Gasteiger charge is 2.59. The Morgan fingerprint density at radius 3 is 2.27 bits per heavy atom. The van der Waals surface area contributed by atoms with Crippen molar-refractivity contribution in [1.29, 1.82) is 0 Å². The molecule has 2 atom stereocenters. The molecule has 7 nitrogen and oxygen atoms in total. The molecule has 9 heteroatoms. The van der Waals surface area contributed by atoms with Gasteiger partial charge in [0.2, 0.25) is 21.8 Å². The van der Waals surface area contributed by atoms with Crippen LogP contribution in [0.5, 0.6) is 0 Å². The summed E-state index contributed by atoms with van der Waals surface area (Å²) in [6, 6.07) is 6.62. The van der Waals surface area contributed by atoms with E-state index in [9.17, 15) is 18.0 Å². The van der Waals surface area contributed by atoms with E-state index in [0.29, 0.717) is 10.4 Å². The molecule has 2 amide bonds. The Morgan fingerprint density at radius 1 is 1.09 bits per heavy atom. The van der Waals surface area contributed by atoms with E-state index < -0.39 is 15.6 Å². The number of amides is 2. The van der Waals surface area contributed by atoms with Crippen molar-refractivity contribution in [3.8, 4) is 0 Å². The van der Waals surface area contributed by atoms with Crippen molar-refractivity contribution in [3.63, 3.8) is 0 Å². The predicted molar refractivity (Wildman–Crippen MR) is 130 cm³/mol. The van der Waals surface area contributed by atoms with Crippen molar-refractivity contribution in [1.82, 2.24) is 15.4 Å². The first kappa shape index (κ1) is 24.7. The molecular formula is C24H34BrN3O4S. The summed E-state index contributed by atoms with van der Waals surface area (Å²) in [5, 5.41) is 6.30. The Balaban J connectivity index is 1.47. The van der Waals surface area contributed by atoms with Crippen molar-refractivity contribution >= 4 is 37.8 Å². The lowest BCUT2D eigenvalue weighted by Gasteiger charge is -2.59. The maximum absolute atomic E-state index is 13.3. The maximum Gasteiger partial charge on any atom is 0.242 e. The molecule has 4 aliphatic carbocycles. The molecule has 33 heavy (non-hydrogen) atoms. The minimum Gasteiger partial charge on any atom is -0.353 e. The molecule has 0 radical (unpaired) electrons. The highest BCUT2D eigenvalue weighted by molar-refractivity contribution is 9.10. The van der Waals surface area contributed by atoms with Crippen LogP contribution in [-0.2, 0) is 19.6 Å². The lowest BCUT2D eigenvalue weighted by atomic mass is 9.47. The van der Waals surface area contributed by atoms with Crippen molar-refractivity contribution in [2.75, 3.05) is 0 Å². The SMILES string of the molecule is CC(C)NC(=O)C12CC3CC(C1)C(NC(=O)C(C)(C)NS(=O)(=O)c1ccccc1Br)C(C3)C2. The molecule has 0 saturated heterocycles. The van der Waals surface area contributed by atoms with Gasteiger partial charge in [-0.3, -0.25) is 9.59 Å². The van der Waals surface area contributed by atoms with Crippen LogP contribution in [0.4, 0.5) is 0 Å². The predicted octanol–water partition coefficient (Wildman–Crippen LogP) is 3.34. The molecule has 4 aliphatic rings. The first-order valence-corrected chi connectivity index (χ1v) is 14.0. The van der Waals surface area contributed by atoms with Gasteiger partial charge in [-0.1, -0.05) is 12.1 Å². The topological polar surface area (TPSA) is 104 Å². The molecule has 0 aromatic heterocycles. The number of sulfonamides is 1. The Morgan fingerprint density at radius 2 is 1.70 bits per heavy atom. The third-order valence-electron chi connectivity index (χ3n) is 7.56. The van der Waals surface area contributed by atoms with E-state index in [1.807, 2.05) is 13.8 Å². The van der Waals surface area contributed by atoms with Crippen LogP contribution >= 0.6 is 15.9 Å². The van der Waals surface area contributed by atoms with E-state index in [2.05, 4.69) is 31.3 Å². The largest absolute Gasteiger partial charge is 0.353 e. The Hall–Kier alpha value is -1.45. The van der Waals surface area contributed by atoms with Gasteiger partial charge in [0.25, 0.3) is 0 Å². The number of nitrogens with one attached hydrogen (secondary N) is 3. The van der Waals surface area contributed by atoms with E-state index in [-0.39, 0.29) is 46.0 Å². The molecule has 4 fully saturated rings. The van der Waals surface area contributed by atoms with Crippen LogP contribution in [0.25, 0.3) is 0 Å². The first-order chi connectivity index (χ1) is 15.3. The number of hydrogen-bond donors (Lipinski definition) is 3. The van der Waals surface area contributed by atoms with Crippen LogP contribution < -0.4 is 15.4 Å². The summed E-state index contributed by atoms with van der Waals surface area (Å²) in [6.45, 7) is 7.14. The van der Waals surface area contributed by atoms with Crippen molar-refractivity contribution in [3.05, 3.63) is 28.7 Å². The lowest BCUT2D eigenvalue weighted by molar-refractivity contribution is -0.151. The standard InChI is InChI=1S/C24H34BrN3O4S/c1-14(2)26-22(30)24-11-15-9-16(12-24)20(17(10-15)13-24)27-21(29)23(3,4)28-33(31,32)19-8-6-5-7-18(19)25/h5-8,14-17,20,28H,9-13H2,1-4H3,(H,26,30)(H,27,29). The molecule has 182 valence electrons.